The van der Waals surface area contributed by atoms with Crippen molar-refractivity contribution >= 4 is 22.7 Å². The van der Waals surface area contributed by atoms with Gasteiger partial charge in [-0.25, -0.2) is 9.97 Å². The summed E-state index contributed by atoms with van der Waals surface area (Å²) >= 11 is 0. The summed E-state index contributed by atoms with van der Waals surface area (Å²) < 4.78 is 10.5. The van der Waals surface area contributed by atoms with E-state index in [-0.39, 0.29) is 5.91 Å². The average molecular weight is 334 g/mol. The van der Waals surface area contributed by atoms with Crippen molar-refractivity contribution in [2.75, 3.05) is 5.32 Å². The number of nitrogens with zero attached hydrogens (tertiary/aromatic N) is 3. The van der Waals surface area contributed by atoms with E-state index in [0.29, 0.717) is 39.6 Å². The van der Waals surface area contributed by atoms with Gasteiger partial charge in [0, 0.05) is 18.7 Å². The molecule has 0 saturated carbocycles. The largest absolute Gasteiger partial charge is 0.449 e. The lowest BCUT2D eigenvalue weighted by Crippen LogP contribution is -2.12. The van der Waals surface area contributed by atoms with Crippen LogP contribution in [0.4, 0.5) is 5.82 Å². The van der Waals surface area contributed by atoms with Crippen LogP contribution in [0.2, 0.25) is 0 Å². The molecule has 1 N–H and O–H groups in total. The van der Waals surface area contributed by atoms with E-state index in [1.54, 1.807) is 37.4 Å². The molecule has 0 saturated heterocycles. The van der Waals surface area contributed by atoms with E-state index >= 15 is 0 Å². The number of amides is 1. The number of pyridine rings is 1. The Morgan fingerprint density at radius 2 is 2.04 bits per heavy atom. The van der Waals surface area contributed by atoms with Crippen LogP contribution in [0, 0.1) is 13.8 Å². The summed E-state index contributed by atoms with van der Waals surface area (Å²) in [6.07, 6.45) is 3.21. The Hall–Kier alpha value is -3.48. The van der Waals surface area contributed by atoms with Crippen molar-refractivity contribution in [1.29, 1.82) is 0 Å². The minimum absolute atomic E-state index is 0.262. The molecule has 0 aliphatic carbocycles. The Morgan fingerprint density at radius 3 is 2.76 bits per heavy atom. The van der Waals surface area contributed by atoms with E-state index in [9.17, 15) is 4.79 Å². The number of benzene rings is 1. The third-order valence-corrected chi connectivity index (χ3v) is 3.75. The van der Waals surface area contributed by atoms with Crippen LogP contribution in [-0.4, -0.2) is 21.0 Å². The van der Waals surface area contributed by atoms with E-state index < -0.39 is 0 Å². The SMILES string of the molecule is Cc1ccc(NC(=O)c2ccc3onc(-c4coc(C)n4)c3c2)nc1. The first kappa shape index (κ1) is 15.1. The summed E-state index contributed by atoms with van der Waals surface area (Å²) in [6.45, 7) is 3.69. The Morgan fingerprint density at radius 1 is 1.16 bits per heavy atom. The molecular formula is C18H14N4O3. The second-order valence-electron chi connectivity index (χ2n) is 5.67. The van der Waals surface area contributed by atoms with Crippen LogP contribution in [0.25, 0.3) is 22.4 Å². The van der Waals surface area contributed by atoms with Crippen molar-refractivity contribution in [3.8, 4) is 11.4 Å². The van der Waals surface area contributed by atoms with Crippen molar-refractivity contribution in [3.05, 3.63) is 59.8 Å². The summed E-state index contributed by atoms with van der Waals surface area (Å²) in [5.74, 6) is 0.764. The molecule has 1 amide bonds. The topological polar surface area (TPSA) is 94.1 Å². The van der Waals surface area contributed by atoms with Gasteiger partial charge in [0.05, 0.1) is 5.39 Å². The smallest absolute Gasteiger partial charge is 0.256 e. The van der Waals surface area contributed by atoms with Gasteiger partial charge in [0.25, 0.3) is 5.91 Å². The molecule has 0 fully saturated rings. The van der Waals surface area contributed by atoms with E-state index in [0.717, 1.165) is 5.56 Å². The lowest BCUT2D eigenvalue weighted by molar-refractivity contribution is 0.102. The molecule has 4 aromatic rings. The number of hydrogen-bond donors (Lipinski definition) is 1. The van der Waals surface area contributed by atoms with Gasteiger partial charge in [-0.15, -0.1) is 0 Å². The molecule has 124 valence electrons. The maximum Gasteiger partial charge on any atom is 0.256 e. The highest BCUT2D eigenvalue weighted by molar-refractivity contribution is 6.06. The fourth-order valence-electron chi connectivity index (χ4n) is 2.47. The summed E-state index contributed by atoms with van der Waals surface area (Å²) in [4.78, 5) is 20.9. The van der Waals surface area contributed by atoms with E-state index in [1.165, 1.54) is 6.26 Å². The highest BCUT2D eigenvalue weighted by atomic mass is 16.5. The molecule has 0 radical (unpaired) electrons. The van der Waals surface area contributed by atoms with Crippen LogP contribution in [0.1, 0.15) is 21.8 Å². The second-order valence-corrected chi connectivity index (χ2v) is 5.67. The van der Waals surface area contributed by atoms with Crippen LogP contribution in [0.3, 0.4) is 0 Å². The number of aryl methyl sites for hydroxylation is 2. The van der Waals surface area contributed by atoms with Crippen LogP contribution in [0.5, 0.6) is 0 Å². The molecule has 25 heavy (non-hydrogen) atoms. The van der Waals surface area contributed by atoms with Crippen LogP contribution in [0.15, 0.2) is 51.7 Å². The van der Waals surface area contributed by atoms with Gasteiger partial charge >= 0.3 is 0 Å². The maximum atomic E-state index is 12.5. The Labute approximate surface area is 142 Å². The van der Waals surface area contributed by atoms with Gasteiger partial charge < -0.3 is 14.3 Å². The van der Waals surface area contributed by atoms with E-state index in [2.05, 4.69) is 20.4 Å². The molecule has 0 bridgehead atoms. The average Bonchev–Trinajstić information content (AvgIpc) is 3.22. The number of fused-ring (bicyclic) bond motifs is 1. The number of oxazole rings is 1. The van der Waals surface area contributed by atoms with Crippen LogP contribution >= 0.6 is 0 Å². The number of anilines is 1. The van der Waals surface area contributed by atoms with Crippen molar-refractivity contribution in [2.24, 2.45) is 0 Å². The molecule has 0 unspecified atom stereocenters. The third kappa shape index (κ3) is 2.87. The van der Waals surface area contributed by atoms with Gasteiger partial charge in [-0.05, 0) is 36.8 Å². The van der Waals surface area contributed by atoms with Crippen LogP contribution in [-0.2, 0) is 0 Å². The summed E-state index contributed by atoms with van der Waals surface area (Å²) in [7, 11) is 0. The molecule has 0 aliphatic rings. The number of carbonyl (C=O) groups is 1. The minimum atomic E-state index is -0.262. The van der Waals surface area contributed by atoms with Crippen molar-refractivity contribution in [2.45, 2.75) is 13.8 Å². The van der Waals surface area contributed by atoms with Crippen LogP contribution < -0.4 is 5.32 Å². The number of aromatic nitrogens is 3. The molecule has 0 atom stereocenters. The fourth-order valence-corrected chi connectivity index (χ4v) is 2.47. The Balaban J connectivity index is 1.68. The quantitative estimate of drug-likeness (QED) is 0.613. The molecule has 3 aromatic heterocycles. The van der Waals surface area contributed by atoms with Crippen molar-refractivity contribution < 1.29 is 13.7 Å². The van der Waals surface area contributed by atoms with Gasteiger partial charge in [-0.1, -0.05) is 11.2 Å². The molecule has 7 heteroatoms. The highest BCUT2D eigenvalue weighted by Gasteiger charge is 2.16. The first-order valence-electron chi connectivity index (χ1n) is 7.66. The second kappa shape index (κ2) is 5.86. The molecule has 3 heterocycles. The number of nitrogens with one attached hydrogen (secondary N) is 1. The summed E-state index contributed by atoms with van der Waals surface area (Å²) in [6, 6.07) is 8.74. The highest BCUT2D eigenvalue weighted by Crippen LogP contribution is 2.28. The molecule has 1 aromatic carbocycles. The first-order chi connectivity index (χ1) is 12.1. The standard InChI is InChI=1S/C18H14N4O3/c1-10-3-6-16(19-8-10)21-18(23)12-4-5-15-13(7-12)17(22-25-15)14-9-24-11(2)20-14/h3-9H,1-2H3,(H,19,21,23). The predicted octanol–water partition coefficient (Wildman–Crippen LogP) is 3.75. The fraction of sp³-hybridized carbons (Fsp3) is 0.111. The Bertz CT molecular complexity index is 1060. The zero-order chi connectivity index (χ0) is 17.4. The number of rotatable bonds is 3. The molecule has 7 nitrogen and oxygen atoms in total. The molecular weight excluding hydrogens is 320 g/mol. The van der Waals surface area contributed by atoms with Gasteiger partial charge in [-0.2, -0.15) is 0 Å². The van der Waals surface area contributed by atoms with Crippen molar-refractivity contribution in [1.82, 2.24) is 15.1 Å². The Kier molecular flexibility index (Phi) is 3.53. The summed E-state index contributed by atoms with van der Waals surface area (Å²) in [5, 5.41) is 7.49. The van der Waals surface area contributed by atoms with Gasteiger partial charge in [-0.3, -0.25) is 4.79 Å². The molecule has 0 spiro atoms. The summed E-state index contributed by atoms with van der Waals surface area (Å²) in [5.41, 5.74) is 3.17. The van der Waals surface area contributed by atoms with Crippen molar-refractivity contribution in [3.63, 3.8) is 0 Å². The number of hydrogen-bond acceptors (Lipinski definition) is 6. The lowest BCUT2D eigenvalue weighted by atomic mass is 10.1. The minimum Gasteiger partial charge on any atom is -0.449 e. The third-order valence-electron chi connectivity index (χ3n) is 3.75. The van der Waals surface area contributed by atoms with Gasteiger partial charge in [0.2, 0.25) is 0 Å². The zero-order valence-electron chi connectivity index (χ0n) is 13.6. The maximum absolute atomic E-state index is 12.5. The number of carbonyl (C=O) groups excluding carboxylic acids is 1. The van der Waals surface area contributed by atoms with Gasteiger partial charge in [0.1, 0.15) is 23.5 Å². The predicted molar refractivity (Wildman–Crippen MR) is 91.2 cm³/mol. The molecule has 4 rings (SSSR count). The monoisotopic (exact) mass is 334 g/mol. The lowest BCUT2D eigenvalue weighted by Gasteiger charge is -2.04. The molecule has 0 aliphatic heterocycles. The van der Waals surface area contributed by atoms with Gasteiger partial charge in [0.15, 0.2) is 11.5 Å². The first-order valence-corrected chi connectivity index (χ1v) is 7.66. The zero-order valence-corrected chi connectivity index (χ0v) is 13.6. The van der Waals surface area contributed by atoms with E-state index in [1.807, 2.05) is 13.0 Å². The van der Waals surface area contributed by atoms with E-state index in [4.69, 9.17) is 8.94 Å². The normalized spacial score (nSPS) is 11.0.